The molecule has 5 heteroatoms. The van der Waals surface area contributed by atoms with E-state index in [1.54, 1.807) is 0 Å². The van der Waals surface area contributed by atoms with E-state index in [0.717, 1.165) is 36.2 Å². The Hall–Kier alpha value is -3.46. The predicted molar refractivity (Wildman–Crippen MR) is 116 cm³/mol. The van der Waals surface area contributed by atoms with Gasteiger partial charge in [-0.15, -0.1) is 0 Å². The molecule has 0 spiro atoms. The molecule has 0 bridgehead atoms. The van der Waals surface area contributed by atoms with E-state index in [9.17, 15) is 0 Å². The Bertz CT molecular complexity index is 1130. The highest BCUT2D eigenvalue weighted by atomic mass is 15.0. The molecule has 4 aromatic rings. The van der Waals surface area contributed by atoms with Crippen molar-refractivity contribution in [1.82, 2.24) is 14.9 Å². The lowest BCUT2D eigenvalue weighted by Gasteiger charge is -2.08. The number of aromatic nitrogens is 2. The Kier molecular flexibility index (Phi) is 5.66. The van der Waals surface area contributed by atoms with Crippen molar-refractivity contribution >= 4 is 11.0 Å². The van der Waals surface area contributed by atoms with Crippen molar-refractivity contribution in [3.05, 3.63) is 89.7 Å². The molecule has 0 radical (unpaired) electrons. The zero-order valence-electron chi connectivity index (χ0n) is 16.2. The molecule has 0 aliphatic heterocycles. The van der Waals surface area contributed by atoms with Crippen LogP contribution in [-0.2, 0) is 13.1 Å². The Labute approximate surface area is 170 Å². The molecule has 0 aliphatic rings. The summed E-state index contributed by atoms with van der Waals surface area (Å²) < 4.78 is 2.14. The normalized spacial score (nSPS) is 10.9. The molecule has 0 unspecified atom stereocenters. The summed E-state index contributed by atoms with van der Waals surface area (Å²) in [5, 5.41) is 12.3. The molecule has 0 aliphatic carbocycles. The van der Waals surface area contributed by atoms with E-state index in [2.05, 4.69) is 63.4 Å². The maximum absolute atomic E-state index is 8.96. The van der Waals surface area contributed by atoms with Crippen LogP contribution in [0.3, 0.4) is 0 Å². The fourth-order valence-electron chi connectivity index (χ4n) is 3.39. The maximum Gasteiger partial charge on any atom is 0.0991 e. The van der Waals surface area contributed by atoms with E-state index in [1.807, 2.05) is 30.6 Å². The summed E-state index contributed by atoms with van der Waals surface area (Å²) >= 11 is 0. The second-order valence-corrected chi connectivity index (χ2v) is 7.05. The molecule has 4 rings (SSSR count). The molecule has 0 amide bonds. The minimum Gasteiger partial charge on any atom is -0.329 e. The van der Waals surface area contributed by atoms with Gasteiger partial charge in [0, 0.05) is 26.2 Å². The minimum atomic E-state index is 0.647. The van der Waals surface area contributed by atoms with E-state index >= 15 is 0 Å². The topological polar surface area (TPSA) is 79.7 Å². The lowest BCUT2D eigenvalue weighted by Crippen LogP contribution is -2.21. The van der Waals surface area contributed by atoms with E-state index in [4.69, 9.17) is 11.0 Å². The van der Waals surface area contributed by atoms with Crippen LogP contribution in [0.4, 0.5) is 0 Å². The molecule has 3 aromatic carbocycles. The molecular weight excluding hydrogens is 358 g/mol. The summed E-state index contributed by atoms with van der Waals surface area (Å²) in [6, 6.07) is 24.8. The van der Waals surface area contributed by atoms with Gasteiger partial charge in [-0.1, -0.05) is 42.5 Å². The highest BCUT2D eigenvalue weighted by Gasteiger charge is 2.07. The van der Waals surface area contributed by atoms with Gasteiger partial charge in [0.05, 0.1) is 29.0 Å². The first kappa shape index (κ1) is 18.9. The first-order chi connectivity index (χ1) is 14.3. The fraction of sp³-hybridized carbons (Fsp3) is 0.167. The van der Waals surface area contributed by atoms with Crippen molar-refractivity contribution in [2.24, 2.45) is 5.73 Å². The molecule has 0 fully saturated rings. The zero-order chi connectivity index (χ0) is 20.1. The number of imidazole rings is 1. The van der Waals surface area contributed by atoms with Gasteiger partial charge >= 0.3 is 0 Å². The number of hydrogen-bond donors (Lipinski definition) is 2. The summed E-state index contributed by atoms with van der Waals surface area (Å²) in [5.74, 6) is 0. The van der Waals surface area contributed by atoms with Crippen LogP contribution in [0.2, 0.25) is 0 Å². The summed E-state index contributed by atoms with van der Waals surface area (Å²) in [6.07, 6.45) is 1.87. The summed E-state index contributed by atoms with van der Waals surface area (Å²) in [6.45, 7) is 3.02. The van der Waals surface area contributed by atoms with Gasteiger partial charge in [-0.25, -0.2) is 4.98 Å². The number of nitrogens with one attached hydrogen (secondary N) is 1. The Balaban J connectivity index is 1.57. The second kappa shape index (κ2) is 8.70. The van der Waals surface area contributed by atoms with Crippen LogP contribution in [-0.4, -0.2) is 22.6 Å². The van der Waals surface area contributed by atoms with Crippen LogP contribution >= 0.6 is 0 Å². The van der Waals surface area contributed by atoms with Crippen molar-refractivity contribution in [2.45, 2.75) is 13.1 Å². The first-order valence-corrected chi connectivity index (χ1v) is 9.71. The third-order valence-electron chi connectivity index (χ3n) is 4.99. The van der Waals surface area contributed by atoms with Crippen LogP contribution in [0.5, 0.6) is 0 Å². The zero-order valence-corrected chi connectivity index (χ0v) is 16.2. The van der Waals surface area contributed by atoms with Gasteiger partial charge < -0.3 is 15.6 Å². The molecule has 29 heavy (non-hydrogen) atoms. The standard InChI is InChI=1S/C24H23N5/c25-11-12-27-15-19-5-7-21(8-6-19)22-9-10-23-24(13-22)29(17-28-23)16-20-3-1-18(14-26)2-4-20/h1-10,13,17,27H,11-12,15-16,25H2. The number of hydrogen-bond acceptors (Lipinski definition) is 4. The molecule has 0 atom stereocenters. The van der Waals surface area contributed by atoms with E-state index in [-0.39, 0.29) is 0 Å². The van der Waals surface area contributed by atoms with Gasteiger partial charge in [-0.05, 0) is 46.5 Å². The Morgan fingerprint density at radius 1 is 0.931 bits per heavy atom. The van der Waals surface area contributed by atoms with Crippen molar-refractivity contribution in [1.29, 1.82) is 5.26 Å². The number of nitrogens with two attached hydrogens (primary N) is 1. The average Bonchev–Trinajstić information content (AvgIpc) is 3.17. The lowest BCUT2D eigenvalue weighted by atomic mass is 10.0. The maximum atomic E-state index is 8.96. The van der Waals surface area contributed by atoms with E-state index in [0.29, 0.717) is 12.1 Å². The number of benzene rings is 3. The average molecular weight is 381 g/mol. The van der Waals surface area contributed by atoms with Crippen molar-refractivity contribution < 1.29 is 0 Å². The van der Waals surface area contributed by atoms with Crippen molar-refractivity contribution in [3.8, 4) is 17.2 Å². The third kappa shape index (κ3) is 4.35. The Morgan fingerprint density at radius 2 is 1.66 bits per heavy atom. The Morgan fingerprint density at radius 3 is 2.38 bits per heavy atom. The highest BCUT2D eigenvalue weighted by molar-refractivity contribution is 5.82. The number of nitriles is 1. The first-order valence-electron chi connectivity index (χ1n) is 9.71. The number of nitrogens with zero attached hydrogens (tertiary/aromatic N) is 3. The second-order valence-electron chi connectivity index (χ2n) is 7.05. The molecule has 144 valence electrons. The smallest absolute Gasteiger partial charge is 0.0991 e. The molecule has 1 heterocycles. The number of rotatable bonds is 7. The van der Waals surface area contributed by atoms with Gasteiger partial charge in [-0.3, -0.25) is 0 Å². The van der Waals surface area contributed by atoms with Crippen LogP contribution in [0.25, 0.3) is 22.2 Å². The van der Waals surface area contributed by atoms with E-state index in [1.165, 1.54) is 16.7 Å². The predicted octanol–water partition coefficient (Wildman–Crippen LogP) is 3.67. The molecule has 0 saturated heterocycles. The van der Waals surface area contributed by atoms with Crippen LogP contribution in [0.1, 0.15) is 16.7 Å². The summed E-state index contributed by atoms with van der Waals surface area (Å²) in [7, 11) is 0. The van der Waals surface area contributed by atoms with E-state index < -0.39 is 0 Å². The van der Waals surface area contributed by atoms with Gasteiger partial charge in [-0.2, -0.15) is 5.26 Å². The minimum absolute atomic E-state index is 0.647. The largest absolute Gasteiger partial charge is 0.329 e. The van der Waals surface area contributed by atoms with Gasteiger partial charge in [0.15, 0.2) is 0 Å². The summed E-state index contributed by atoms with van der Waals surface area (Å²) in [5.41, 5.74) is 13.0. The van der Waals surface area contributed by atoms with Gasteiger partial charge in [0.25, 0.3) is 0 Å². The quantitative estimate of drug-likeness (QED) is 0.479. The highest BCUT2D eigenvalue weighted by Crippen LogP contribution is 2.25. The number of fused-ring (bicyclic) bond motifs is 1. The molecule has 1 aromatic heterocycles. The monoisotopic (exact) mass is 381 g/mol. The van der Waals surface area contributed by atoms with Gasteiger partial charge in [0.2, 0.25) is 0 Å². The molecule has 5 nitrogen and oxygen atoms in total. The van der Waals surface area contributed by atoms with Crippen LogP contribution in [0.15, 0.2) is 73.1 Å². The lowest BCUT2D eigenvalue weighted by molar-refractivity contribution is 0.695. The molecular formula is C24H23N5. The van der Waals surface area contributed by atoms with Gasteiger partial charge in [0.1, 0.15) is 0 Å². The SMILES string of the molecule is N#Cc1ccc(Cn2cnc3ccc(-c4ccc(CNCCN)cc4)cc32)cc1. The molecule has 0 saturated carbocycles. The van der Waals surface area contributed by atoms with Crippen molar-refractivity contribution in [3.63, 3.8) is 0 Å². The third-order valence-corrected chi connectivity index (χ3v) is 4.99. The molecule has 3 N–H and O–H groups in total. The van der Waals surface area contributed by atoms with Crippen LogP contribution < -0.4 is 11.1 Å². The van der Waals surface area contributed by atoms with Crippen molar-refractivity contribution in [2.75, 3.05) is 13.1 Å². The fourth-order valence-corrected chi connectivity index (χ4v) is 3.39. The summed E-state index contributed by atoms with van der Waals surface area (Å²) in [4.78, 5) is 4.53. The van der Waals surface area contributed by atoms with Crippen LogP contribution in [0, 0.1) is 11.3 Å².